The van der Waals surface area contributed by atoms with Crippen molar-refractivity contribution in [2.45, 2.75) is 6.54 Å². The quantitative estimate of drug-likeness (QED) is 0.529. The lowest BCUT2D eigenvalue weighted by Crippen LogP contribution is -2.20. The second kappa shape index (κ2) is 6.23. The number of nitrogens with zero attached hydrogens (tertiary/aromatic N) is 2. The molecule has 0 aliphatic rings. The van der Waals surface area contributed by atoms with Crippen LogP contribution in [0.5, 0.6) is 0 Å². The fraction of sp³-hybridized carbons (Fsp3) is 0.0526. The Morgan fingerprint density at radius 2 is 1.79 bits per heavy atom. The van der Waals surface area contributed by atoms with Gasteiger partial charge in [0, 0.05) is 16.0 Å². The molecular formula is C19H13ClN2OS. The molecule has 0 saturated heterocycles. The van der Waals surface area contributed by atoms with Crippen molar-refractivity contribution in [2.75, 3.05) is 0 Å². The number of rotatable bonds is 3. The summed E-state index contributed by atoms with van der Waals surface area (Å²) in [7, 11) is 0. The zero-order valence-corrected chi connectivity index (χ0v) is 14.2. The summed E-state index contributed by atoms with van der Waals surface area (Å²) in [6, 6.07) is 17.5. The molecule has 0 spiro atoms. The molecule has 0 atom stereocenters. The van der Waals surface area contributed by atoms with E-state index in [-0.39, 0.29) is 5.56 Å². The lowest BCUT2D eigenvalue weighted by molar-refractivity contribution is 0.750. The minimum absolute atomic E-state index is 0.00549. The fourth-order valence-electron chi connectivity index (χ4n) is 2.67. The maximum absolute atomic E-state index is 12.7. The highest BCUT2D eigenvalue weighted by atomic mass is 35.5. The van der Waals surface area contributed by atoms with Crippen LogP contribution in [-0.4, -0.2) is 9.55 Å². The van der Waals surface area contributed by atoms with E-state index in [2.05, 4.69) is 4.98 Å². The number of fused-ring (bicyclic) bond motifs is 1. The van der Waals surface area contributed by atoms with Gasteiger partial charge in [-0.25, -0.2) is 4.98 Å². The maximum Gasteiger partial charge on any atom is 0.271 e. The summed E-state index contributed by atoms with van der Waals surface area (Å²) in [6.45, 7) is 0.525. The Morgan fingerprint density at radius 1 is 1.04 bits per heavy atom. The van der Waals surface area contributed by atoms with Crippen LogP contribution in [0.2, 0.25) is 5.02 Å². The molecule has 2 aromatic heterocycles. The van der Waals surface area contributed by atoms with Crippen LogP contribution in [0.15, 0.2) is 71.1 Å². The van der Waals surface area contributed by atoms with Gasteiger partial charge in [0.1, 0.15) is 4.70 Å². The predicted molar refractivity (Wildman–Crippen MR) is 99.9 cm³/mol. The molecule has 118 valence electrons. The van der Waals surface area contributed by atoms with Crippen LogP contribution in [0.3, 0.4) is 0 Å². The second-order valence-corrected chi connectivity index (χ2v) is 6.81. The van der Waals surface area contributed by atoms with Crippen molar-refractivity contribution in [2.24, 2.45) is 0 Å². The normalized spacial score (nSPS) is 11.0. The fourth-order valence-corrected chi connectivity index (χ4v) is 3.77. The SMILES string of the molecule is O=c1c2scc(-c3ccc(Cl)cc3)c2ncn1Cc1ccccc1. The highest BCUT2D eigenvalue weighted by Gasteiger charge is 2.12. The van der Waals surface area contributed by atoms with Gasteiger partial charge in [0.15, 0.2) is 0 Å². The standard InChI is InChI=1S/C19H13ClN2OS/c20-15-8-6-14(7-9-15)16-11-24-18-17(16)21-12-22(19(18)23)10-13-4-2-1-3-5-13/h1-9,11-12H,10H2. The van der Waals surface area contributed by atoms with Crippen LogP contribution in [0.25, 0.3) is 21.3 Å². The average molecular weight is 353 g/mol. The van der Waals surface area contributed by atoms with Crippen LogP contribution in [0, 0.1) is 0 Å². The summed E-state index contributed by atoms with van der Waals surface area (Å²) in [4.78, 5) is 17.3. The molecule has 0 bridgehead atoms. The molecule has 0 aliphatic carbocycles. The Labute approximate surface area is 147 Å². The minimum atomic E-state index is -0.00549. The van der Waals surface area contributed by atoms with Crippen molar-refractivity contribution in [1.29, 1.82) is 0 Å². The lowest BCUT2D eigenvalue weighted by atomic mass is 10.1. The molecule has 0 radical (unpaired) electrons. The lowest BCUT2D eigenvalue weighted by Gasteiger charge is -2.06. The van der Waals surface area contributed by atoms with Crippen LogP contribution >= 0.6 is 22.9 Å². The predicted octanol–water partition coefficient (Wildman–Crippen LogP) is 4.83. The van der Waals surface area contributed by atoms with Crippen molar-refractivity contribution >= 4 is 33.2 Å². The van der Waals surface area contributed by atoms with Gasteiger partial charge in [0.25, 0.3) is 5.56 Å². The zero-order chi connectivity index (χ0) is 16.5. The monoisotopic (exact) mass is 352 g/mol. The van der Waals surface area contributed by atoms with Gasteiger partial charge in [-0.2, -0.15) is 0 Å². The summed E-state index contributed by atoms with van der Waals surface area (Å²) in [6.07, 6.45) is 1.63. The summed E-state index contributed by atoms with van der Waals surface area (Å²) in [5, 5.41) is 2.67. The summed E-state index contributed by atoms with van der Waals surface area (Å²) in [5.74, 6) is 0. The van der Waals surface area contributed by atoms with Crippen LogP contribution in [-0.2, 0) is 6.54 Å². The van der Waals surface area contributed by atoms with Crippen LogP contribution in [0.4, 0.5) is 0 Å². The zero-order valence-electron chi connectivity index (χ0n) is 12.6. The molecule has 4 aromatic rings. The molecule has 5 heteroatoms. The number of benzene rings is 2. The van der Waals surface area contributed by atoms with E-state index < -0.39 is 0 Å². The third-order valence-corrected chi connectivity index (χ3v) is 5.11. The summed E-state index contributed by atoms with van der Waals surface area (Å²) >= 11 is 7.38. The third kappa shape index (κ3) is 2.75. The van der Waals surface area contributed by atoms with Gasteiger partial charge >= 0.3 is 0 Å². The molecule has 0 N–H and O–H groups in total. The Balaban J connectivity index is 1.78. The van der Waals surface area contributed by atoms with Gasteiger partial charge in [0.2, 0.25) is 0 Å². The third-order valence-electron chi connectivity index (χ3n) is 3.90. The Morgan fingerprint density at radius 3 is 2.54 bits per heavy atom. The van der Waals surface area contributed by atoms with Gasteiger partial charge in [-0.05, 0) is 23.3 Å². The van der Waals surface area contributed by atoms with Gasteiger partial charge in [-0.1, -0.05) is 54.1 Å². The number of hydrogen-bond donors (Lipinski definition) is 0. The van der Waals surface area contributed by atoms with E-state index in [9.17, 15) is 4.79 Å². The molecule has 0 aliphatic heterocycles. The van der Waals surface area contributed by atoms with Crippen molar-refractivity contribution in [3.05, 3.63) is 87.2 Å². The van der Waals surface area contributed by atoms with Crippen LogP contribution < -0.4 is 5.56 Å². The molecule has 3 nitrogen and oxygen atoms in total. The first-order chi connectivity index (χ1) is 11.7. The van der Waals surface area contributed by atoms with Crippen LogP contribution in [0.1, 0.15) is 5.56 Å². The maximum atomic E-state index is 12.7. The van der Waals surface area contributed by atoms with Gasteiger partial charge in [-0.15, -0.1) is 11.3 Å². The topological polar surface area (TPSA) is 34.9 Å². The van der Waals surface area contributed by atoms with Crippen molar-refractivity contribution in [3.63, 3.8) is 0 Å². The van der Waals surface area contributed by atoms with Gasteiger partial charge in [0.05, 0.1) is 18.4 Å². The van der Waals surface area contributed by atoms with E-state index in [1.807, 2.05) is 60.0 Å². The van der Waals surface area contributed by atoms with E-state index in [0.717, 1.165) is 22.2 Å². The highest BCUT2D eigenvalue weighted by Crippen LogP contribution is 2.31. The summed E-state index contributed by atoms with van der Waals surface area (Å²) in [5.41, 5.74) is 3.80. The van der Waals surface area contributed by atoms with Crippen molar-refractivity contribution < 1.29 is 0 Å². The van der Waals surface area contributed by atoms with E-state index in [0.29, 0.717) is 16.3 Å². The number of thiophene rings is 1. The van der Waals surface area contributed by atoms with Crippen molar-refractivity contribution in [3.8, 4) is 11.1 Å². The van der Waals surface area contributed by atoms with Crippen molar-refractivity contribution in [1.82, 2.24) is 9.55 Å². The molecule has 0 amide bonds. The molecule has 2 heterocycles. The first-order valence-electron chi connectivity index (χ1n) is 7.49. The molecule has 2 aromatic carbocycles. The number of halogens is 1. The minimum Gasteiger partial charge on any atom is -0.294 e. The molecular weight excluding hydrogens is 340 g/mol. The van der Waals surface area contributed by atoms with E-state index in [1.54, 1.807) is 10.9 Å². The largest absolute Gasteiger partial charge is 0.294 e. The first-order valence-corrected chi connectivity index (χ1v) is 8.74. The number of aromatic nitrogens is 2. The molecule has 24 heavy (non-hydrogen) atoms. The first kappa shape index (κ1) is 15.1. The molecule has 0 unspecified atom stereocenters. The molecule has 0 fully saturated rings. The second-order valence-electron chi connectivity index (χ2n) is 5.50. The Bertz CT molecular complexity index is 1050. The summed E-state index contributed by atoms with van der Waals surface area (Å²) < 4.78 is 2.33. The van der Waals surface area contributed by atoms with E-state index >= 15 is 0 Å². The van der Waals surface area contributed by atoms with Gasteiger partial charge < -0.3 is 0 Å². The average Bonchev–Trinajstić information content (AvgIpc) is 3.04. The van der Waals surface area contributed by atoms with Gasteiger partial charge in [-0.3, -0.25) is 9.36 Å². The Hall–Kier alpha value is -2.43. The molecule has 4 rings (SSSR count). The smallest absolute Gasteiger partial charge is 0.271 e. The van der Waals surface area contributed by atoms with E-state index in [1.165, 1.54) is 11.3 Å². The highest BCUT2D eigenvalue weighted by molar-refractivity contribution is 7.17. The Kier molecular flexibility index (Phi) is 3.92. The number of hydrogen-bond acceptors (Lipinski definition) is 3. The van der Waals surface area contributed by atoms with E-state index in [4.69, 9.17) is 11.6 Å². The molecule has 0 saturated carbocycles.